The highest BCUT2D eigenvalue weighted by Gasteiger charge is 2.27. The molecule has 3 N–H and O–H groups in total. The minimum absolute atomic E-state index is 0.0305. The third-order valence-electron chi connectivity index (χ3n) is 1.97. The van der Waals surface area contributed by atoms with Crippen LogP contribution in [-0.2, 0) is 0 Å². The number of anilines is 2. The lowest BCUT2D eigenvalue weighted by molar-refractivity contribution is -0.0327. The van der Waals surface area contributed by atoms with Crippen LogP contribution in [0, 0.1) is 6.92 Å². The molecule has 6 heteroatoms. The molecule has 0 saturated heterocycles. The number of para-hydroxylation sites is 1. The van der Waals surface area contributed by atoms with Crippen molar-refractivity contribution in [3.05, 3.63) is 23.8 Å². The molecule has 0 amide bonds. The van der Waals surface area contributed by atoms with Crippen LogP contribution in [-0.4, -0.2) is 17.8 Å². The molecule has 0 bridgehead atoms. The number of rotatable bonds is 4. The summed E-state index contributed by atoms with van der Waals surface area (Å²) in [4.78, 5) is 0. The van der Waals surface area contributed by atoms with Gasteiger partial charge in [-0.1, -0.05) is 12.1 Å². The number of hydrogen-bond donors (Lipinski definition) is 2. The molecular formula is C10H13F3N2S. The van der Waals surface area contributed by atoms with Gasteiger partial charge in [0.15, 0.2) is 0 Å². The zero-order chi connectivity index (χ0) is 12.2. The fraction of sp³-hybridized carbons (Fsp3) is 0.400. The first-order chi connectivity index (χ1) is 7.40. The number of hydrogen-bond acceptors (Lipinski definition) is 3. The number of halogens is 3. The van der Waals surface area contributed by atoms with Gasteiger partial charge in [0.1, 0.15) is 0 Å². The molecule has 90 valence electrons. The minimum atomic E-state index is -4.17. The summed E-state index contributed by atoms with van der Waals surface area (Å²) in [6, 6.07) is 5.38. The average molecular weight is 250 g/mol. The lowest BCUT2D eigenvalue weighted by atomic mass is 10.1. The van der Waals surface area contributed by atoms with Crippen molar-refractivity contribution in [3.8, 4) is 0 Å². The van der Waals surface area contributed by atoms with E-state index in [9.17, 15) is 13.2 Å². The smallest absolute Gasteiger partial charge is 0.397 e. The van der Waals surface area contributed by atoms with Crippen LogP contribution >= 0.6 is 11.8 Å². The Morgan fingerprint density at radius 2 is 2.06 bits per heavy atom. The molecule has 0 heterocycles. The lowest BCUT2D eigenvalue weighted by Gasteiger charge is -2.12. The molecule has 1 aromatic rings. The average Bonchev–Trinajstić information content (AvgIpc) is 2.14. The summed E-state index contributed by atoms with van der Waals surface area (Å²) >= 11 is -0.0388. The summed E-state index contributed by atoms with van der Waals surface area (Å²) in [6.07, 6.45) is 0. The largest absolute Gasteiger partial charge is 0.441 e. The quantitative estimate of drug-likeness (QED) is 0.636. The number of thioether (sulfide) groups is 1. The van der Waals surface area contributed by atoms with Crippen molar-refractivity contribution < 1.29 is 13.2 Å². The highest BCUT2D eigenvalue weighted by molar-refractivity contribution is 8.00. The van der Waals surface area contributed by atoms with Crippen LogP contribution in [0.3, 0.4) is 0 Å². The van der Waals surface area contributed by atoms with Gasteiger partial charge >= 0.3 is 5.51 Å². The van der Waals surface area contributed by atoms with E-state index in [1.54, 1.807) is 12.1 Å². The standard InChI is InChI=1S/C10H13F3N2S/c1-7-3-2-4-8(14)9(7)15-5-6-16-10(11,12)13/h2-4,15H,5-6,14H2,1H3. The van der Waals surface area contributed by atoms with E-state index in [0.29, 0.717) is 11.4 Å². The fourth-order valence-corrected chi connectivity index (χ4v) is 1.71. The number of nitrogens with two attached hydrogens (primary N) is 1. The molecule has 0 radical (unpaired) electrons. The van der Waals surface area contributed by atoms with E-state index < -0.39 is 5.51 Å². The monoisotopic (exact) mass is 250 g/mol. The van der Waals surface area contributed by atoms with Crippen molar-refractivity contribution in [1.82, 2.24) is 0 Å². The molecule has 1 aromatic carbocycles. The second-order valence-corrected chi connectivity index (χ2v) is 4.42. The molecule has 0 fully saturated rings. The van der Waals surface area contributed by atoms with Crippen molar-refractivity contribution in [1.29, 1.82) is 0 Å². The zero-order valence-electron chi connectivity index (χ0n) is 8.77. The Labute approximate surface area is 96.4 Å². The van der Waals surface area contributed by atoms with Gasteiger partial charge in [0.2, 0.25) is 0 Å². The number of nitrogen functional groups attached to an aromatic ring is 1. The van der Waals surface area contributed by atoms with Crippen LogP contribution in [0.4, 0.5) is 24.5 Å². The molecule has 0 aliphatic rings. The second kappa shape index (κ2) is 5.34. The SMILES string of the molecule is Cc1cccc(N)c1NCCSC(F)(F)F. The molecular weight excluding hydrogens is 237 g/mol. The highest BCUT2D eigenvalue weighted by atomic mass is 32.2. The van der Waals surface area contributed by atoms with Crippen LogP contribution in [0.5, 0.6) is 0 Å². The fourth-order valence-electron chi connectivity index (χ4n) is 1.27. The van der Waals surface area contributed by atoms with Crippen molar-refractivity contribution in [3.63, 3.8) is 0 Å². The van der Waals surface area contributed by atoms with Crippen molar-refractivity contribution in [2.24, 2.45) is 0 Å². The van der Waals surface area contributed by atoms with Crippen LogP contribution in [0.25, 0.3) is 0 Å². The lowest BCUT2D eigenvalue weighted by Crippen LogP contribution is -2.11. The van der Waals surface area contributed by atoms with Crippen LogP contribution < -0.4 is 11.1 Å². The first-order valence-electron chi connectivity index (χ1n) is 4.70. The third-order valence-corrected chi connectivity index (χ3v) is 2.71. The van der Waals surface area contributed by atoms with Gasteiger partial charge < -0.3 is 11.1 Å². The predicted molar refractivity (Wildman–Crippen MR) is 62.6 cm³/mol. The summed E-state index contributed by atoms with van der Waals surface area (Å²) < 4.78 is 35.6. The maximum atomic E-state index is 11.9. The van der Waals surface area contributed by atoms with Gasteiger partial charge in [0.25, 0.3) is 0 Å². The Balaban J connectivity index is 2.43. The van der Waals surface area contributed by atoms with Gasteiger partial charge in [-0.2, -0.15) is 13.2 Å². The molecule has 0 aliphatic carbocycles. The Morgan fingerprint density at radius 3 is 2.62 bits per heavy atom. The second-order valence-electron chi connectivity index (χ2n) is 3.26. The Hall–Kier alpha value is -1.04. The minimum Gasteiger partial charge on any atom is -0.397 e. The van der Waals surface area contributed by atoms with Crippen LogP contribution in [0.1, 0.15) is 5.56 Å². The van der Waals surface area contributed by atoms with Gasteiger partial charge in [0, 0.05) is 12.3 Å². The van der Waals surface area contributed by atoms with Crippen molar-refractivity contribution in [2.75, 3.05) is 23.3 Å². The molecule has 0 saturated carbocycles. The molecule has 0 unspecified atom stereocenters. The van der Waals surface area contributed by atoms with Crippen molar-refractivity contribution in [2.45, 2.75) is 12.4 Å². The molecule has 0 atom stereocenters. The van der Waals surface area contributed by atoms with Gasteiger partial charge in [-0.3, -0.25) is 0 Å². The van der Waals surface area contributed by atoms with Crippen molar-refractivity contribution >= 4 is 23.1 Å². The summed E-state index contributed by atoms with van der Waals surface area (Å²) in [6.45, 7) is 2.09. The van der Waals surface area contributed by atoms with E-state index >= 15 is 0 Å². The van der Waals surface area contributed by atoms with E-state index in [-0.39, 0.29) is 24.1 Å². The summed E-state index contributed by atoms with van der Waals surface area (Å²) in [5, 5.41) is 2.91. The maximum Gasteiger partial charge on any atom is 0.441 e. The van der Waals surface area contributed by atoms with Crippen LogP contribution in [0.15, 0.2) is 18.2 Å². The molecule has 0 aromatic heterocycles. The van der Waals surface area contributed by atoms with Gasteiger partial charge in [-0.25, -0.2) is 0 Å². The Morgan fingerprint density at radius 1 is 1.38 bits per heavy atom. The third kappa shape index (κ3) is 4.22. The summed E-state index contributed by atoms with van der Waals surface area (Å²) in [5.74, 6) is -0.0305. The predicted octanol–water partition coefficient (Wildman–Crippen LogP) is 3.24. The maximum absolute atomic E-state index is 11.9. The van der Waals surface area contributed by atoms with E-state index in [0.717, 1.165) is 5.56 Å². The summed E-state index contributed by atoms with van der Waals surface area (Å²) in [5.41, 5.74) is 3.72. The number of alkyl halides is 3. The van der Waals surface area contributed by atoms with E-state index in [4.69, 9.17) is 5.73 Å². The first-order valence-corrected chi connectivity index (χ1v) is 5.68. The zero-order valence-corrected chi connectivity index (χ0v) is 9.58. The first kappa shape index (κ1) is 13.0. The molecule has 2 nitrogen and oxygen atoms in total. The molecule has 16 heavy (non-hydrogen) atoms. The Kier molecular flexibility index (Phi) is 4.35. The Bertz CT molecular complexity index is 332. The van der Waals surface area contributed by atoms with E-state index in [2.05, 4.69) is 5.32 Å². The molecule has 0 spiro atoms. The van der Waals surface area contributed by atoms with Gasteiger partial charge in [-0.15, -0.1) is 0 Å². The number of aryl methyl sites for hydroxylation is 1. The highest BCUT2D eigenvalue weighted by Crippen LogP contribution is 2.30. The van der Waals surface area contributed by atoms with E-state index in [1.807, 2.05) is 13.0 Å². The van der Waals surface area contributed by atoms with Gasteiger partial charge in [0.05, 0.1) is 11.4 Å². The number of benzene rings is 1. The number of nitrogens with one attached hydrogen (secondary N) is 1. The normalized spacial score (nSPS) is 11.5. The van der Waals surface area contributed by atoms with Gasteiger partial charge in [-0.05, 0) is 30.3 Å². The topological polar surface area (TPSA) is 38.0 Å². The van der Waals surface area contributed by atoms with Crippen LogP contribution in [0.2, 0.25) is 0 Å². The molecule has 1 rings (SSSR count). The summed E-state index contributed by atoms with van der Waals surface area (Å²) in [7, 11) is 0. The van der Waals surface area contributed by atoms with E-state index in [1.165, 1.54) is 0 Å². The molecule has 0 aliphatic heterocycles.